The number of alkyl halides is 3. The highest BCUT2D eigenvalue weighted by atomic mass is 19.4. The molecule has 23 heavy (non-hydrogen) atoms. The van der Waals surface area contributed by atoms with Crippen LogP contribution >= 0.6 is 0 Å². The first kappa shape index (κ1) is 16.6. The van der Waals surface area contributed by atoms with Crippen molar-refractivity contribution in [2.45, 2.75) is 64.0 Å². The largest absolute Gasteiger partial charge is 0.515 e. The molecule has 0 bridgehead atoms. The molecule has 126 valence electrons. The Morgan fingerprint density at radius 1 is 1.17 bits per heavy atom. The third kappa shape index (κ3) is 3.06. The van der Waals surface area contributed by atoms with E-state index in [0.717, 1.165) is 12.8 Å². The van der Waals surface area contributed by atoms with Crippen LogP contribution in [0.2, 0.25) is 0 Å². The molecular formula is C15H19BF3NO3. The molecule has 3 rings (SSSR count). The summed E-state index contributed by atoms with van der Waals surface area (Å²) in [7, 11) is -1.18. The fourth-order valence-corrected chi connectivity index (χ4v) is 2.34. The molecule has 2 aliphatic rings. The predicted octanol–water partition coefficient (Wildman–Crippen LogP) is 2.94. The van der Waals surface area contributed by atoms with Crippen molar-refractivity contribution in [2.24, 2.45) is 0 Å². The molecule has 4 nitrogen and oxygen atoms in total. The van der Waals surface area contributed by atoms with Gasteiger partial charge in [0.15, 0.2) is 0 Å². The minimum Gasteiger partial charge on any atom is -0.490 e. The standard InChI is InChI=1S/C15H19BF3NO3/c1-13(2)14(3,4)23-16(22-13)12-11(15(17,18)19)10(7-8-20-12)21-9-5-6-9/h7-9H,5-6H2,1-4H3. The minimum absolute atomic E-state index is 0.148. The Balaban J connectivity index is 2.02. The van der Waals surface area contributed by atoms with Crippen LogP contribution in [0.3, 0.4) is 0 Å². The van der Waals surface area contributed by atoms with E-state index in [-0.39, 0.29) is 17.4 Å². The monoisotopic (exact) mass is 329 g/mol. The Morgan fingerprint density at radius 3 is 2.22 bits per heavy atom. The first-order valence-electron chi connectivity index (χ1n) is 7.60. The second-order valence-electron chi connectivity index (χ2n) is 6.97. The number of rotatable bonds is 3. The summed E-state index contributed by atoms with van der Waals surface area (Å²) in [5.41, 5.74) is -2.68. The fourth-order valence-electron chi connectivity index (χ4n) is 2.34. The van der Waals surface area contributed by atoms with Crippen molar-refractivity contribution in [3.05, 3.63) is 17.8 Å². The van der Waals surface area contributed by atoms with Gasteiger partial charge in [0.1, 0.15) is 11.3 Å². The Labute approximate surface area is 133 Å². The van der Waals surface area contributed by atoms with E-state index < -0.39 is 30.1 Å². The van der Waals surface area contributed by atoms with Gasteiger partial charge in [0.2, 0.25) is 0 Å². The highest BCUT2D eigenvalue weighted by Gasteiger charge is 2.55. The number of hydrogen-bond acceptors (Lipinski definition) is 4. The smallest absolute Gasteiger partial charge is 0.490 e. The van der Waals surface area contributed by atoms with Crippen molar-refractivity contribution in [2.75, 3.05) is 0 Å². The zero-order valence-electron chi connectivity index (χ0n) is 13.5. The maximum Gasteiger partial charge on any atom is 0.515 e. The number of aromatic nitrogens is 1. The van der Waals surface area contributed by atoms with Crippen LogP contribution in [0.25, 0.3) is 0 Å². The number of halogens is 3. The van der Waals surface area contributed by atoms with Crippen molar-refractivity contribution in [1.82, 2.24) is 4.98 Å². The highest BCUT2D eigenvalue weighted by Crippen LogP contribution is 2.41. The quantitative estimate of drug-likeness (QED) is 0.800. The van der Waals surface area contributed by atoms with Crippen LogP contribution < -0.4 is 10.3 Å². The fraction of sp³-hybridized carbons (Fsp3) is 0.667. The Hall–Kier alpha value is -1.28. The van der Waals surface area contributed by atoms with Crippen molar-refractivity contribution >= 4 is 12.7 Å². The van der Waals surface area contributed by atoms with E-state index in [4.69, 9.17) is 14.0 Å². The molecule has 1 aromatic rings. The van der Waals surface area contributed by atoms with Crippen LogP contribution in [0.15, 0.2) is 12.3 Å². The number of nitrogens with zero attached hydrogens (tertiary/aromatic N) is 1. The van der Waals surface area contributed by atoms with E-state index in [1.807, 2.05) is 0 Å². The molecule has 1 saturated carbocycles. The van der Waals surface area contributed by atoms with E-state index in [0.29, 0.717) is 0 Å². The summed E-state index contributed by atoms with van der Waals surface area (Å²) in [4.78, 5) is 3.90. The Bertz CT molecular complexity index is 598. The molecule has 1 aliphatic carbocycles. The molecular weight excluding hydrogens is 310 g/mol. The summed E-state index contributed by atoms with van der Waals surface area (Å²) in [6, 6.07) is 1.25. The number of pyridine rings is 1. The summed E-state index contributed by atoms with van der Waals surface area (Å²) >= 11 is 0. The van der Waals surface area contributed by atoms with Gasteiger partial charge in [-0.05, 0) is 46.6 Å². The van der Waals surface area contributed by atoms with E-state index in [9.17, 15) is 13.2 Å². The molecule has 0 N–H and O–H groups in total. The third-order valence-electron chi connectivity index (χ3n) is 4.52. The molecule has 2 heterocycles. The van der Waals surface area contributed by atoms with Crippen LogP contribution in [-0.2, 0) is 15.5 Å². The van der Waals surface area contributed by atoms with E-state index >= 15 is 0 Å². The lowest BCUT2D eigenvalue weighted by molar-refractivity contribution is -0.138. The van der Waals surface area contributed by atoms with E-state index in [1.165, 1.54) is 12.3 Å². The van der Waals surface area contributed by atoms with Gasteiger partial charge >= 0.3 is 13.3 Å². The van der Waals surface area contributed by atoms with E-state index in [1.54, 1.807) is 27.7 Å². The van der Waals surface area contributed by atoms with Crippen molar-refractivity contribution in [3.8, 4) is 5.75 Å². The van der Waals surface area contributed by atoms with Gasteiger partial charge < -0.3 is 14.0 Å². The average molecular weight is 329 g/mol. The summed E-state index contributed by atoms with van der Waals surface area (Å²) < 4.78 is 57.6. The lowest BCUT2D eigenvalue weighted by Gasteiger charge is -2.32. The summed E-state index contributed by atoms with van der Waals surface area (Å²) in [6.07, 6.45) is -1.91. The maximum atomic E-state index is 13.6. The van der Waals surface area contributed by atoms with Gasteiger partial charge in [-0.3, -0.25) is 4.98 Å². The Kier molecular flexibility index (Phi) is 3.68. The molecule has 0 aromatic carbocycles. The second kappa shape index (κ2) is 5.11. The van der Waals surface area contributed by atoms with Gasteiger partial charge in [0.05, 0.1) is 22.9 Å². The van der Waals surface area contributed by atoms with Crippen LogP contribution in [0.1, 0.15) is 46.1 Å². The molecule has 0 spiro atoms. The van der Waals surface area contributed by atoms with Crippen molar-refractivity contribution in [3.63, 3.8) is 0 Å². The topological polar surface area (TPSA) is 40.6 Å². The summed E-state index contributed by atoms with van der Waals surface area (Å²) in [5.74, 6) is -0.209. The lowest BCUT2D eigenvalue weighted by Crippen LogP contribution is -2.41. The van der Waals surface area contributed by atoms with Crippen LogP contribution in [0.4, 0.5) is 13.2 Å². The molecule has 8 heteroatoms. The van der Waals surface area contributed by atoms with Gasteiger partial charge in [-0.15, -0.1) is 0 Å². The second-order valence-corrected chi connectivity index (χ2v) is 6.97. The van der Waals surface area contributed by atoms with Gasteiger partial charge in [0, 0.05) is 6.20 Å². The SMILES string of the molecule is CC1(C)OB(c2nccc(OC3CC3)c2C(F)(F)F)OC1(C)C. The van der Waals surface area contributed by atoms with Gasteiger partial charge in [-0.2, -0.15) is 13.2 Å². The summed E-state index contributed by atoms with van der Waals surface area (Å²) in [5, 5.41) is 0. The molecule has 1 aromatic heterocycles. The van der Waals surface area contributed by atoms with Gasteiger partial charge in [-0.1, -0.05) is 0 Å². The third-order valence-corrected chi connectivity index (χ3v) is 4.52. The first-order chi connectivity index (χ1) is 10.5. The predicted molar refractivity (Wildman–Crippen MR) is 78.6 cm³/mol. The van der Waals surface area contributed by atoms with Crippen molar-refractivity contribution in [1.29, 1.82) is 0 Å². The lowest BCUT2D eigenvalue weighted by atomic mass is 9.80. The average Bonchev–Trinajstić information content (AvgIpc) is 3.15. The van der Waals surface area contributed by atoms with Gasteiger partial charge in [0.25, 0.3) is 0 Å². The van der Waals surface area contributed by atoms with Crippen LogP contribution in [0.5, 0.6) is 5.75 Å². The molecule has 1 aliphatic heterocycles. The van der Waals surface area contributed by atoms with Gasteiger partial charge in [-0.25, -0.2) is 0 Å². The molecule has 0 atom stereocenters. The van der Waals surface area contributed by atoms with Crippen LogP contribution in [0, 0.1) is 0 Å². The molecule has 1 saturated heterocycles. The van der Waals surface area contributed by atoms with Crippen molar-refractivity contribution < 1.29 is 27.2 Å². The highest BCUT2D eigenvalue weighted by molar-refractivity contribution is 6.61. The molecule has 0 amide bonds. The van der Waals surface area contributed by atoms with E-state index in [2.05, 4.69) is 4.98 Å². The zero-order valence-corrected chi connectivity index (χ0v) is 13.5. The Morgan fingerprint density at radius 2 is 1.74 bits per heavy atom. The normalized spacial score (nSPS) is 23.2. The molecule has 2 fully saturated rings. The summed E-state index contributed by atoms with van der Waals surface area (Å²) in [6.45, 7) is 7.13. The van der Waals surface area contributed by atoms with Crippen LogP contribution in [-0.4, -0.2) is 29.4 Å². The first-order valence-corrected chi connectivity index (χ1v) is 7.60. The minimum atomic E-state index is -4.60. The molecule has 0 radical (unpaired) electrons. The number of ether oxygens (including phenoxy) is 1. The maximum absolute atomic E-state index is 13.6. The molecule has 0 unspecified atom stereocenters. The number of hydrogen-bond donors (Lipinski definition) is 0. The zero-order chi connectivity index (χ0) is 17.0.